The monoisotopic (exact) mass is 252 g/mol. The maximum absolute atomic E-state index is 12.4. The molecule has 3 unspecified atom stereocenters. The second kappa shape index (κ2) is 5.17. The molecule has 3 rings (SSSR count). The Bertz CT molecular complexity index is 317. The molecule has 1 aliphatic carbocycles. The van der Waals surface area contributed by atoms with E-state index in [0.29, 0.717) is 24.0 Å². The molecule has 4 nitrogen and oxygen atoms in total. The molecule has 0 aromatic carbocycles. The van der Waals surface area contributed by atoms with Gasteiger partial charge in [0.1, 0.15) is 0 Å². The average molecular weight is 252 g/mol. The van der Waals surface area contributed by atoms with Gasteiger partial charge in [-0.15, -0.1) is 0 Å². The van der Waals surface area contributed by atoms with Crippen molar-refractivity contribution in [2.75, 3.05) is 19.7 Å². The number of hydrogen-bond acceptors (Lipinski definition) is 3. The minimum Gasteiger partial charge on any atom is -0.378 e. The number of nitrogens with one attached hydrogen (secondary N) is 1. The molecule has 4 heteroatoms. The Labute approximate surface area is 109 Å². The third kappa shape index (κ3) is 2.69. The molecular formula is C14H24N2O2. The van der Waals surface area contributed by atoms with Crippen molar-refractivity contribution in [3.05, 3.63) is 0 Å². The summed E-state index contributed by atoms with van der Waals surface area (Å²) < 4.78 is 5.59. The van der Waals surface area contributed by atoms with Crippen molar-refractivity contribution in [1.82, 2.24) is 10.2 Å². The highest BCUT2D eigenvalue weighted by Crippen LogP contribution is 2.25. The Kier molecular flexibility index (Phi) is 3.57. The van der Waals surface area contributed by atoms with Crippen LogP contribution in [0.3, 0.4) is 0 Å². The van der Waals surface area contributed by atoms with Crippen LogP contribution in [-0.4, -0.2) is 48.7 Å². The van der Waals surface area contributed by atoms with Crippen LogP contribution in [0.1, 0.15) is 39.0 Å². The Morgan fingerprint density at radius 2 is 2.17 bits per heavy atom. The lowest BCUT2D eigenvalue weighted by Crippen LogP contribution is -2.52. The number of likely N-dealkylation sites (tertiary alicyclic amines) is 1. The smallest absolute Gasteiger partial charge is 0.239 e. The summed E-state index contributed by atoms with van der Waals surface area (Å²) in [5, 5.41) is 3.49. The van der Waals surface area contributed by atoms with E-state index in [1.165, 1.54) is 12.8 Å². The van der Waals surface area contributed by atoms with Crippen LogP contribution < -0.4 is 5.32 Å². The van der Waals surface area contributed by atoms with Gasteiger partial charge >= 0.3 is 0 Å². The third-order valence-corrected chi connectivity index (χ3v) is 4.53. The van der Waals surface area contributed by atoms with Gasteiger partial charge in [-0.2, -0.15) is 0 Å². The van der Waals surface area contributed by atoms with Gasteiger partial charge in [0.05, 0.1) is 12.1 Å². The van der Waals surface area contributed by atoms with Gasteiger partial charge in [-0.3, -0.25) is 4.79 Å². The minimum atomic E-state index is 0.0869. The molecular weight excluding hydrogens is 228 g/mol. The number of carbonyl (C=O) groups excluding carboxylic acids is 1. The summed E-state index contributed by atoms with van der Waals surface area (Å²) in [5.74, 6) is 0.862. The standard InChI is InChI=1S/C14H24N2O2/c1-10-11(6-8-18-10)9-16-7-2-3-13(14(16)17)15-12-4-5-12/h10-13,15H,2-9H2,1H3. The zero-order chi connectivity index (χ0) is 12.5. The summed E-state index contributed by atoms with van der Waals surface area (Å²) in [7, 11) is 0. The van der Waals surface area contributed by atoms with Crippen LogP contribution in [-0.2, 0) is 9.53 Å². The van der Waals surface area contributed by atoms with E-state index in [9.17, 15) is 4.79 Å². The quantitative estimate of drug-likeness (QED) is 0.816. The van der Waals surface area contributed by atoms with Crippen molar-refractivity contribution in [2.24, 2.45) is 5.92 Å². The van der Waals surface area contributed by atoms with Crippen LogP contribution in [0.2, 0.25) is 0 Å². The molecule has 2 saturated heterocycles. The molecule has 3 fully saturated rings. The van der Waals surface area contributed by atoms with Gasteiger partial charge in [-0.1, -0.05) is 0 Å². The molecule has 0 bridgehead atoms. The molecule has 0 radical (unpaired) electrons. The lowest BCUT2D eigenvalue weighted by Gasteiger charge is -2.35. The molecule has 1 N–H and O–H groups in total. The Hall–Kier alpha value is -0.610. The van der Waals surface area contributed by atoms with E-state index in [-0.39, 0.29) is 6.04 Å². The molecule has 0 spiro atoms. The largest absolute Gasteiger partial charge is 0.378 e. The van der Waals surface area contributed by atoms with Crippen molar-refractivity contribution < 1.29 is 9.53 Å². The molecule has 18 heavy (non-hydrogen) atoms. The van der Waals surface area contributed by atoms with Crippen LogP contribution in [0.4, 0.5) is 0 Å². The summed E-state index contributed by atoms with van der Waals surface area (Å²) in [6.45, 7) is 4.82. The fourth-order valence-electron chi connectivity index (χ4n) is 3.11. The normalized spacial score (nSPS) is 37.3. The number of hydrogen-bond donors (Lipinski definition) is 1. The summed E-state index contributed by atoms with van der Waals surface area (Å²) >= 11 is 0. The maximum atomic E-state index is 12.4. The number of rotatable bonds is 4. The Morgan fingerprint density at radius 3 is 2.83 bits per heavy atom. The van der Waals surface area contributed by atoms with E-state index in [1.807, 2.05) is 0 Å². The van der Waals surface area contributed by atoms with E-state index < -0.39 is 0 Å². The topological polar surface area (TPSA) is 41.6 Å². The van der Waals surface area contributed by atoms with E-state index in [2.05, 4.69) is 17.1 Å². The molecule has 1 amide bonds. The Balaban J connectivity index is 1.55. The van der Waals surface area contributed by atoms with Crippen molar-refractivity contribution in [3.8, 4) is 0 Å². The molecule has 2 aliphatic heterocycles. The first-order chi connectivity index (χ1) is 8.74. The number of nitrogens with zero attached hydrogens (tertiary/aromatic N) is 1. The fourth-order valence-corrected chi connectivity index (χ4v) is 3.11. The maximum Gasteiger partial charge on any atom is 0.239 e. The van der Waals surface area contributed by atoms with E-state index in [1.54, 1.807) is 0 Å². The van der Waals surface area contributed by atoms with E-state index >= 15 is 0 Å². The van der Waals surface area contributed by atoms with Crippen LogP contribution >= 0.6 is 0 Å². The lowest BCUT2D eigenvalue weighted by molar-refractivity contribution is -0.136. The summed E-state index contributed by atoms with van der Waals surface area (Å²) in [6.07, 6.45) is 6.07. The molecule has 2 heterocycles. The first kappa shape index (κ1) is 12.4. The highest BCUT2D eigenvalue weighted by atomic mass is 16.5. The molecule has 3 atom stereocenters. The molecule has 0 aromatic heterocycles. The van der Waals surface area contributed by atoms with Gasteiger partial charge in [0.15, 0.2) is 0 Å². The van der Waals surface area contributed by atoms with E-state index in [4.69, 9.17) is 4.74 Å². The van der Waals surface area contributed by atoms with Crippen molar-refractivity contribution in [2.45, 2.75) is 57.2 Å². The molecule has 1 saturated carbocycles. The van der Waals surface area contributed by atoms with Crippen LogP contribution in [0, 0.1) is 5.92 Å². The van der Waals surface area contributed by atoms with Gasteiger partial charge in [0.2, 0.25) is 5.91 Å². The van der Waals surface area contributed by atoms with Crippen LogP contribution in [0.5, 0.6) is 0 Å². The predicted octanol–water partition coefficient (Wildman–Crippen LogP) is 1.15. The lowest BCUT2D eigenvalue weighted by atomic mass is 9.98. The zero-order valence-electron chi connectivity index (χ0n) is 11.2. The molecule has 0 aromatic rings. The summed E-state index contributed by atoms with van der Waals surface area (Å²) in [5.41, 5.74) is 0. The average Bonchev–Trinajstić information content (AvgIpc) is 3.08. The van der Waals surface area contributed by atoms with Gasteiger partial charge in [-0.25, -0.2) is 0 Å². The minimum absolute atomic E-state index is 0.0869. The number of amides is 1. The van der Waals surface area contributed by atoms with Crippen molar-refractivity contribution >= 4 is 5.91 Å². The second-order valence-electron chi connectivity index (χ2n) is 6.04. The SMILES string of the molecule is CC1OCCC1CN1CCCC(NC2CC2)C1=O. The first-order valence-electron chi connectivity index (χ1n) is 7.40. The van der Waals surface area contributed by atoms with Crippen LogP contribution in [0.25, 0.3) is 0 Å². The Morgan fingerprint density at radius 1 is 1.33 bits per heavy atom. The highest BCUT2D eigenvalue weighted by Gasteiger charge is 2.35. The predicted molar refractivity (Wildman–Crippen MR) is 69.3 cm³/mol. The van der Waals surface area contributed by atoms with Gasteiger partial charge in [0.25, 0.3) is 0 Å². The zero-order valence-corrected chi connectivity index (χ0v) is 11.2. The van der Waals surface area contributed by atoms with Crippen molar-refractivity contribution in [3.63, 3.8) is 0 Å². The molecule has 102 valence electrons. The van der Waals surface area contributed by atoms with Crippen molar-refractivity contribution in [1.29, 1.82) is 0 Å². The third-order valence-electron chi connectivity index (χ3n) is 4.53. The summed E-state index contributed by atoms with van der Waals surface area (Å²) in [6, 6.07) is 0.705. The highest BCUT2D eigenvalue weighted by molar-refractivity contribution is 5.82. The summed E-state index contributed by atoms with van der Waals surface area (Å²) in [4.78, 5) is 14.5. The second-order valence-corrected chi connectivity index (χ2v) is 6.04. The van der Waals surface area contributed by atoms with E-state index in [0.717, 1.165) is 39.0 Å². The van der Waals surface area contributed by atoms with Gasteiger partial charge in [0, 0.05) is 31.7 Å². The molecule has 3 aliphatic rings. The first-order valence-corrected chi connectivity index (χ1v) is 7.40. The van der Waals surface area contributed by atoms with Gasteiger partial charge < -0.3 is 15.0 Å². The number of ether oxygens (including phenoxy) is 1. The fraction of sp³-hybridized carbons (Fsp3) is 0.929. The number of piperidine rings is 1. The number of carbonyl (C=O) groups is 1. The van der Waals surface area contributed by atoms with Gasteiger partial charge in [-0.05, 0) is 39.0 Å². The van der Waals surface area contributed by atoms with Crippen LogP contribution in [0.15, 0.2) is 0 Å².